The van der Waals surface area contributed by atoms with Crippen molar-refractivity contribution in [3.05, 3.63) is 69.9 Å². The maximum atomic E-state index is 13.2. The van der Waals surface area contributed by atoms with E-state index in [2.05, 4.69) is 0 Å². The van der Waals surface area contributed by atoms with Crippen molar-refractivity contribution in [2.45, 2.75) is 13.1 Å². The quantitative estimate of drug-likeness (QED) is 0.403. The number of hydrogen-bond donors (Lipinski definition) is 0. The molecule has 1 aromatic heterocycles. The lowest BCUT2D eigenvalue weighted by molar-refractivity contribution is -0.136. The average molecular weight is 328 g/mol. The summed E-state index contributed by atoms with van der Waals surface area (Å²) in [4.78, 5) is 12.7. The number of para-hydroxylation sites is 1. The van der Waals surface area contributed by atoms with Crippen LogP contribution in [0.3, 0.4) is 0 Å². The smallest absolute Gasteiger partial charge is 0.420 e. The third-order valence-corrected chi connectivity index (χ3v) is 4.12. The van der Waals surface area contributed by atoms with Crippen LogP contribution in [0.15, 0.2) is 57.7 Å². The summed E-state index contributed by atoms with van der Waals surface area (Å²) in [5.41, 5.74) is -0.635. The fourth-order valence-electron chi connectivity index (χ4n) is 2.96. The second-order valence-corrected chi connectivity index (χ2v) is 5.81. The zero-order valence-electron chi connectivity index (χ0n) is 12.6. The molecule has 0 radical (unpaired) electrons. The van der Waals surface area contributed by atoms with Gasteiger partial charge in [-0.25, -0.2) is 0 Å². The number of fused-ring (bicyclic) bond motifs is 3. The van der Waals surface area contributed by atoms with Crippen molar-refractivity contribution in [2.24, 2.45) is 0 Å². The van der Waals surface area contributed by atoms with E-state index in [1.165, 1.54) is 12.1 Å². The van der Waals surface area contributed by atoms with Gasteiger partial charge in [0.2, 0.25) is 5.43 Å². The van der Waals surface area contributed by atoms with Crippen LogP contribution < -0.4 is 5.43 Å². The molecule has 0 aliphatic carbocycles. The lowest BCUT2D eigenvalue weighted by atomic mass is 10.0. The van der Waals surface area contributed by atoms with Gasteiger partial charge in [-0.2, -0.15) is 13.2 Å². The summed E-state index contributed by atoms with van der Waals surface area (Å²) in [7, 11) is 0. The molecule has 4 aromatic rings. The summed E-state index contributed by atoms with van der Waals surface area (Å²) < 4.78 is 45.1. The van der Waals surface area contributed by atoms with E-state index >= 15 is 0 Å². The minimum atomic E-state index is -4.59. The Morgan fingerprint density at radius 2 is 1.71 bits per heavy atom. The molecule has 120 valence electrons. The maximum Gasteiger partial charge on any atom is 0.420 e. The van der Waals surface area contributed by atoms with E-state index in [1.807, 2.05) is 25.1 Å². The second kappa shape index (κ2) is 4.84. The molecule has 2 nitrogen and oxygen atoms in total. The Kier molecular flexibility index (Phi) is 2.97. The van der Waals surface area contributed by atoms with Gasteiger partial charge in [0.05, 0.1) is 16.3 Å². The van der Waals surface area contributed by atoms with Crippen LogP contribution in [0.1, 0.15) is 11.1 Å². The Labute approximate surface area is 134 Å². The first-order valence-corrected chi connectivity index (χ1v) is 7.32. The molecule has 0 atom stereocenters. The minimum Gasteiger partial charge on any atom is -0.455 e. The molecule has 5 heteroatoms. The highest BCUT2D eigenvalue weighted by Crippen LogP contribution is 2.35. The van der Waals surface area contributed by atoms with Crippen molar-refractivity contribution in [3.63, 3.8) is 0 Å². The summed E-state index contributed by atoms with van der Waals surface area (Å²) in [5.74, 6) is 0. The van der Waals surface area contributed by atoms with Gasteiger partial charge in [0.25, 0.3) is 0 Å². The summed E-state index contributed by atoms with van der Waals surface area (Å²) >= 11 is 0. The summed E-state index contributed by atoms with van der Waals surface area (Å²) in [5, 5.41) is 1.87. The Hall–Kier alpha value is -2.82. The Morgan fingerprint density at radius 3 is 2.46 bits per heavy atom. The summed E-state index contributed by atoms with van der Waals surface area (Å²) in [6.45, 7) is 1.93. The third-order valence-electron chi connectivity index (χ3n) is 4.12. The molecule has 1 heterocycles. The molecule has 0 aliphatic heterocycles. The second-order valence-electron chi connectivity index (χ2n) is 5.81. The van der Waals surface area contributed by atoms with Gasteiger partial charge in [0.15, 0.2) is 5.58 Å². The molecule has 0 bridgehead atoms. The summed E-state index contributed by atoms with van der Waals surface area (Å²) in [6, 6.07) is 12.4. The average Bonchev–Trinajstić information content (AvgIpc) is 2.52. The van der Waals surface area contributed by atoms with E-state index < -0.39 is 22.8 Å². The van der Waals surface area contributed by atoms with E-state index in [0.717, 1.165) is 22.4 Å². The van der Waals surface area contributed by atoms with Crippen LogP contribution in [0.5, 0.6) is 0 Å². The Morgan fingerprint density at radius 1 is 0.917 bits per heavy atom. The van der Waals surface area contributed by atoms with E-state index in [4.69, 9.17) is 4.42 Å². The van der Waals surface area contributed by atoms with Crippen LogP contribution in [0.25, 0.3) is 32.7 Å². The van der Waals surface area contributed by atoms with Crippen LogP contribution in [0.2, 0.25) is 0 Å². The molecule has 0 spiro atoms. The maximum absolute atomic E-state index is 13.2. The van der Waals surface area contributed by atoms with Gasteiger partial charge >= 0.3 is 6.18 Å². The molecule has 0 saturated carbocycles. The van der Waals surface area contributed by atoms with Gasteiger partial charge in [-0.15, -0.1) is 0 Å². The van der Waals surface area contributed by atoms with Crippen LogP contribution in [-0.2, 0) is 6.18 Å². The molecule has 3 aromatic carbocycles. The van der Waals surface area contributed by atoms with Crippen LogP contribution in [-0.4, -0.2) is 0 Å². The number of alkyl halides is 3. The Balaban J connectivity index is 2.20. The van der Waals surface area contributed by atoms with Crippen molar-refractivity contribution < 1.29 is 17.6 Å². The monoisotopic (exact) mass is 328 g/mol. The standard InChI is InChI=1S/C19H11F3O2/c1-10-5-6-11-9-16-14(8-12(11)7-10)17(23)13-3-2-4-15(18(13)24-16)19(20,21)22/h2-9H,1H3. The first-order valence-electron chi connectivity index (χ1n) is 7.32. The number of benzene rings is 3. The fraction of sp³-hybridized carbons (Fsp3) is 0.105. The fourth-order valence-corrected chi connectivity index (χ4v) is 2.96. The van der Waals surface area contributed by atoms with Crippen LogP contribution in [0.4, 0.5) is 13.2 Å². The van der Waals surface area contributed by atoms with Gasteiger partial charge < -0.3 is 4.42 Å². The van der Waals surface area contributed by atoms with Gasteiger partial charge in [0, 0.05) is 0 Å². The highest BCUT2D eigenvalue weighted by molar-refractivity contribution is 5.99. The molecule has 0 aliphatic rings. The molecule has 0 N–H and O–H groups in total. The molecule has 0 amide bonds. The van der Waals surface area contributed by atoms with Gasteiger partial charge in [0.1, 0.15) is 5.58 Å². The lowest BCUT2D eigenvalue weighted by Gasteiger charge is -2.10. The zero-order valence-corrected chi connectivity index (χ0v) is 12.6. The minimum absolute atomic E-state index is 0.0654. The van der Waals surface area contributed by atoms with Gasteiger partial charge in [-0.3, -0.25) is 4.79 Å². The van der Waals surface area contributed by atoms with E-state index in [1.54, 1.807) is 12.1 Å². The highest BCUT2D eigenvalue weighted by Gasteiger charge is 2.34. The first kappa shape index (κ1) is 14.8. The lowest BCUT2D eigenvalue weighted by Crippen LogP contribution is -2.09. The molecular formula is C19H11F3O2. The van der Waals surface area contributed by atoms with Crippen molar-refractivity contribution in [1.82, 2.24) is 0 Å². The number of aryl methyl sites for hydroxylation is 1. The van der Waals surface area contributed by atoms with Crippen molar-refractivity contribution in [3.8, 4) is 0 Å². The highest BCUT2D eigenvalue weighted by atomic mass is 19.4. The normalized spacial score (nSPS) is 12.3. The van der Waals surface area contributed by atoms with Crippen molar-refractivity contribution in [2.75, 3.05) is 0 Å². The number of rotatable bonds is 0. The summed E-state index contributed by atoms with van der Waals surface area (Å²) in [6.07, 6.45) is -4.59. The van der Waals surface area contributed by atoms with E-state index in [0.29, 0.717) is 0 Å². The van der Waals surface area contributed by atoms with E-state index in [9.17, 15) is 18.0 Å². The molecule has 0 unspecified atom stereocenters. The molecule has 0 saturated heterocycles. The predicted octanol–water partition coefficient (Wildman–Crippen LogP) is 5.43. The van der Waals surface area contributed by atoms with Crippen molar-refractivity contribution >= 4 is 32.7 Å². The number of hydrogen-bond acceptors (Lipinski definition) is 2. The molecule has 0 fully saturated rings. The zero-order chi connectivity index (χ0) is 17.1. The molecule has 4 rings (SSSR count). The van der Waals surface area contributed by atoms with Crippen LogP contribution in [0, 0.1) is 6.92 Å². The first-order chi connectivity index (χ1) is 11.3. The van der Waals surface area contributed by atoms with E-state index in [-0.39, 0.29) is 16.4 Å². The molecule has 24 heavy (non-hydrogen) atoms. The third kappa shape index (κ3) is 2.16. The predicted molar refractivity (Wildman–Crippen MR) is 87.2 cm³/mol. The Bertz CT molecular complexity index is 1170. The number of halogens is 3. The largest absolute Gasteiger partial charge is 0.455 e. The SMILES string of the molecule is Cc1ccc2cc3oc4c(C(F)(F)F)cccc4c(=O)c3cc2c1. The molecular weight excluding hydrogens is 317 g/mol. The van der Waals surface area contributed by atoms with Gasteiger partial charge in [-0.1, -0.05) is 29.8 Å². The topological polar surface area (TPSA) is 30.2 Å². The van der Waals surface area contributed by atoms with Crippen LogP contribution >= 0.6 is 0 Å². The van der Waals surface area contributed by atoms with Crippen molar-refractivity contribution in [1.29, 1.82) is 0 Å². The van der Waals surface area contributed by atoms with Gasteiger partial charge in [-0.05, 0) is 42.0 Å².